The molecule has 19 heteroatoms. The minimum Gasteiger partial charge on any atom is -0.748 e. The summed E-state index contributed by atoms with van der Waals surface area (Å²) in [6.45, 7) is 0. The average Bonchev–Trinajstić information content (AvgIpc) is 3.28. The Morgan fingerprint density at radius 1 is 1.36 bits per heavy atom. The zero-order valence-electron chi connectivity index (χ0n) is 19.0. The topological polar surface area (TPSA) is 197 Å². The molecule has 2 aromatic heterocycles. The first-order valence-corrected chi connectivity index (χ1v) is 13.5. The van der Waals surface area contributed by atoms with Crippen LogP contribution in [0.2, 0.25) is 0 Å². The standard InChI is InChI=1S/C17H17N7O6S4.2Na/c25-14-12(19-11(31)5-8-1-3-18-4-2-8)15-24(14)13(16(26)27)9(6-32-15)10(7-34(28,29)30)33-17-20-22-23-21-17;;/h1-4,10,12,15H,5-7H2,(H,19,31)(H,26,27)(H,28,29,30)(H,20,21,22,23);;/q;2*+1/p-2/t10?,12?,15-;;/m0../s1. The Morgan fingerprint density at radius 2 is 2.06 bits per heavy atom. The number of carbonyl (C=O) groups is 2. The number of H-pyrrole nitrogens is 1. The minimum absolute atomic E-state index is 0. The van der Waals surface area contributed by atoms with Gasteiger partial charge in [-0.15, -0.1) is 16.9 Å². The first-order chi connectivity index (χ1) is 16.1. The average molecular weight is 588 g/mol. The van der Waals surface area contributed by atoms with E-state index in [-0.39, 0.29) is 75.6 Å². The van der Waals surface area contributed by atoms with Gasteiger partial charge in [0.1, 0.15) is 11.4 Å². The molecule has 0 saturated carbocycles. The molecule has 36 heavy (non-hydrogen) atoms. The van der Waals surface area contributed by atoms with Crippen LogP contribution >= 0.6 is 35.7 Å². The number of aromatic nitrogens is 5. The summed E-state index contributed by atoms with van der Waals surface area (Å²) in [7, 11) is -4.76. The van der Waals surface area contributed by atoms with Crippen molar-refractivity contribution in [3.05, 3.63) is 41.4 Å². The number of thioether (sulfide) groups is 2. The van der Waals surface area contributed by atoms with Gasteiger partial charge in [0.05, 0.1) is 32.5 Å². The van der Waals surface area contributed by atoms with E-state index in [2.05, 4.69) is 30.9 Å². The molecule has 0 radical (unpaired) electrons. The van der Waals surface area contributed by atoms with Gasteiger partial charge in [0.25, 0.3) is 5.91 Å². The van der Waals surface area contributed by atoms with Crippen LogP contribution in [-0.4, -0.2) is 88.5 Å². The van der Waals surface area contributed by atoms with Gasteiger partial charge in [-0.3, -0.25) is 14.7 Å². The number of aromatic amines is 1. The summed E-state index contributed by atoms with van der Waals surface area (Å²) in [5, 5.41) is 26.2. The molecule has 1 amide bonds. The van der Waals surface area contributed by atoms with E-state index in [4.69, 9.17) is 12.2 Å². The monoisotopic (exact) mass is 587 g/mol. The number of hydrogen-bond acceptors (Lipinski definition) is 13. The molecule has 13 nitrogen and oxygen atoms in total. The number of rotatable bonds is 9. The number of carboxylic acids is 1. The number of tetrazole rings is 1. The molecule has 4 heterocycles. The summed E-state index contributed by atoms with van der Waals surface area (Å²) in [5.74, 6) is -3.09. The van der Waals surface area contributed by atoms with E-state index < -0.39 is 50.1 Å². The van der Waals surface area contributed by atoms with E-state index in [1.54, 1.807) is 24.5 Å². The van der Waals surface area contributed by atoms with E-state index in [0.717, 1.165) is 22.2 Å². The van der Waals surface area contributed by atoms with E-state index >= 15 is 0 Å². The van der Waals surface area contributed by atoms with Crippen molar-refractivity contribution in [3.63, 3.8) is 0 Å². The molecule has 1 saturated heterocycles. The Balaban J connectivity index is 0.00000228. The van der Waals surface area contributed by atoms with Crippen LogP contribution in [0.1, 0.15) is 5.56 Å². The normalized spacial score (nSPS) is 19.8. The molecule has 1 fully saturated rings. The third kappa shape index (κ3) is 7.49. The second-order valence-electron chi connectivity index (χ2n) is 7.19. The number of fused-ring (bicyclic) bond motifs is 1. The van der Waals surface area contributed by atoms with Crippen LogP contribution in [0.3, 0.4) is 0 Å². The fraction of sp³-hybridized carbons (Fsp3) is 0.353. The molecule has 2 unspecified atom stereocenters. The van der Waals surface area contributed by atoms with Gasteiger partial charge in [-0.1, -0.05) is 24.0 Å². The Kier molecular flexibility index (Phi) is 11.8. The van der Waals surface area contributed by atoms with Crippen molar-refractivity contribution in [1.29, 1.82) is 0 Å². The molecule has 0 aliphatic carbocycles. The second-order valence-corrected chi connectivity index (χ2v) is 11.4. The first kappa shape index (κ1) is 31.6. The van der Waals surface area contributed by atoms with Gasteiger partial charge in [-0.05, 0) is 33.7 Å². The van der Waals surface area contributed by atoms with Crippen LogP contribution in [0.4, 0.5) is 0 Å². The van der Waals surface area contributed by atoms with Gasteiger partial charge in [-0.25, -0.2) is 13.5 Å². The van der Waals surface area contributed by atoms with E-state index in [9.17, 15) is 27.7 Å². The number of nitrogens with one attached hydrogen (secondary N) is 2. The molecule has 180 valence electrons. The van der Waals surface area contributed by atoms with Crippen LogP contribution in [0.5, 0.6) is 0 Å². The minimum atomic E-state index is -4.76. The van der Waals surface area contributed by atoms with Gasteiger partial charge in [0.2, 0.25) is 5.16 Å². The fourth-order valence-corrected chi connectivity index (χ4v) is 7.47. The number of amides is 1. The van der Waals surface area contributed by atoms with Crippen molar-refractivity contribution >= 4 is 62.7 Å². The summed E-state index contributed by atoms with van der Waals surface area (Å²) in [6, 6.07) is 2.81. The Bertz CT molecular complexity index is 1250. The zero-order chi connectivity index (χ0) is 24.5. The van der Waals surface area contributed by atoms with Crippen LogP contribution in [0.25, 0.3) is 0 Å². The maximum Gasteiger partial charge on any atom is 1.00 e. The zero-order valence-corrected chi connectivity index (χ0v) is 26.2. The van der Waals surface area contributed by atoms with Crippen molar-refractivity contribution in [2.45, 2.75) is 28.2 Å². The molecule has 4 rings (SSSR count). The predicted molar refractivity (Wildman–Crippen MR) is 121 cm³/mol. The van der Waals surface area contributed by atoms with E-state index in [1.165, 1.54) is 11.8 Å². The van der Waals surface area contributed by atoms with E-state index in [1.807, 2.05) is 0 Å². The molecular formula is C17H15N7Na2O6S4. The van der Waals surface area contributed by atoms with Gasteiger partial charge in [0.15, 0.2) is 0 Å². The molecule has 2 aliphatic rings. The number of β-lactam (4-membered cyclic amide) rings is 1. The third-order valence-electron chi connectivity index (χ3n) is 4.95. The van der Waals surface area contributed by atoms with Crippen molar-refractivity contribution in [2.24, 2.45) is 0 Å². The molecule has 0 spiro atoms. The van der Waals surface area contributed by atoms with Crippen LogP contribution in [-0.2, 0) is 26.1 Å². The van der Waals surface area contributed by atoms with Gasteiger partial charge in [0, 0.05) is 29.8 Å². The molecule has 2 aliphatic heterocycles. The molecule has 0 aromatic carbocycles. The summed E-state index contributed by atoms with van der Waals surface area (Å²) in [5.41, 5.74) is 0.499. The Hall–Kier alpha value is -0.600. The number of carbonyl (C=O) groups excluding carboxylic acids is 2. The Morgan fingerprint density at radius 3 is 2.64 bits per heavy atom. The number of nitrogens with zero attached hydrogens (tertiary/aromatic N) is 5. The number of thiocarbonyl (C=S) groups is 1. The quantitative estimate of drug-likeness (QED) is 0.0922. The summed E-state index contributed by atoms with van der Waals surface area (Å²) >= 11 is 7.35. The van der Waals surface area contributed by atoms with Gasteiger partial charge in [-0.2, -0.15) is 0 Å². The fourth-order valence-electron chi connectivity index (χ4n) is 3.52. The molecule has 3 atom stereocenters. The van der Waals surface area contributed by atoms with Gasteiger partial charge < -0.3 is 19.8 Å². The summed E-state index contributed by atoms with van der Waals surface area (Å²) in [4.78, 5) is 30.3. The van der Waals surface area contributed by atoms with Crippen molar-refractivity contribution in [1.82, 2.24) is 35.8 Å². The second kappa shape index (κ2) is 13.5. The van der Waals surface area contributed by atoms with Gasteiger partial charge >= 0.3 is 59.1 Å². The third-order valence-corrected chi connectivity index (χ3v) is 8.59. The van der Waals surface area contributed by atoms with Crippen LogP contribution < -0.4 is 69.5 Å². The molecule has 0 bridgehead atoms. The number of carboxylic acid groups (broad SMARTS) is 1. The number of pyridine rings is 1. The van der Waals surface area contributed by atoms with Crippen LogP contribution in [0, 0.1) is 0 Å². The first-order valence-electron chi connectivity index (χ1n) is 9.55. The SMILES string of the molecule is O=C([O-])C1=C(C(CS(=O)(=O)[O-])Sc2nnn[nH]2)CS[C@H]2C(NC(=S)Cc3ccncc3)C(=O)N12.[Na+].[Na+]. The maximum atomic E-state index is 12.9. The largest absolute Gasteiger partial charge is 1.00 e. The van der Waals surface area contributed by atoms with Crippen molar-refractivity contribution < 1.29 is 86.8 Å². The number of hydrogen-bond donors (Lipinski definition) is 2. The molecule has 2 N–H and O–H groups in total. The molecule has 2 aromatic rings. The Labute approximate surface area is 263 Å². The van der Waals surface area contributed by atoms with Crippen molar-refractivity contribution in [3.8, 4) is 0 Å². The predicted octanol–water partition coefficient (Wildman–Crippen LogP) is -7.94. The molecular weight excluding hydrogens is 572 g/mol. The maximum absolute atomic E-state index is 12.9. The smallest absolute Gasteiger partial charge is 0.748 e. The number of aliphatic carboxylic acids is 1. The van der Waals surface area contributed by atoms with E-state index in [0.29, 0.717) is 11.4 Å². The summed E-state index contributed by atoms with van der Waals surface area (Å²) < 4.78 is 34.5. The summed E-state index contributed by atoms with van der Waals surface area (Å²) in [6.07, 6.45) is 3.61. The van der Waals surface area contributed by atoms with Crippen LogP contribution in [0.15, 0.2) is 41.0 Å². The van der Waals surface area contributed by atoms with Crippen molar-refractivity contribution in [2.75, 3.05) is 11.5 Å².